The van der Waals surface area contributed by atoms with Gasteiger partial charge in [-0.1, -0.05) is 12.1 Å². The van der Waals surface area contributed by atoms with E-state index < -0.39 is 23.0 Å². The summed E-state index contributed by atoms with van der Waals surface area (Å²) in [4.78, 5) is 12.7. The highest BCUT2D eigenvalue weighted by Crippen LogP contribution is 2.17. The third kappa shape index (κ3) is 2.77. The number of Topliss-reactive ketones (excluding diaryl/α,β-unsaturated/α-hetero) is 1. The lowest BCUT2D eigenvalue weighted by molar-refractivity contribution is 0.0975. The van der Waals surface area contributed by atoms with Crippen molar-refractivity contribution in [1.29, 1.82) is 0 Å². The predicted octanol–water partition coefficient (Wildman–Crippen LogP) is 3.84. The summed E-state index contributed by atoms with van der Waals surface area (Å²) in [5.74, 6) is -2.07. The molecule has 0 N–H and O–H groups in total. The van der Waals surface area contributed by atoms with E-state index in [0.29, 0.717) is 6.42 Å². The number of rotatable bonds is 4. The number of hydrogen-bond acceptors (Lipinski definition) is 2. The Balaban J connectivity index is 2.10. The highest BCUT2D eigenvalue weighted by molar-refractivity contribution is 7.09. The quantitative estimate of drug-likeness (QED) is 0.755. The molecule has 0 fully saturated rings. The Morgan fingerprint density at radius 3 is 2.41 bits per heavy atom. The minimum absolute atomic E-state index is 0.123. The second kappa shape index (κ2) is 5.19. The summed E-state index contributed by atoms with van der Waals surface area (Å²) in [6, 6.07) is 7.23. The summed E-state index contributed by atoms with van der Waals surface area (Å²) in [7, 11) is 0. The lowest BCUT2D eigenvalue weighted by atomic mass is 10.0. The van der Waals surface area contributed by atoms with Crippen LogP contribution >= 0.6 is 11.3 Å². The van der Waals surface area contributed by atoms with E-state index in [1.165, 1.54) is 17.4 Å². The van der Waals surface area contributed by atoms with Crippen LogP contribution in [0.5, 0.6) is 0 Å². The topological polar surface area (TPSA) is 17.1 Å². The summed E-state index contributed by atoms with van der Waals surface area (Å²) in [6.45, 7) is 0. The van der Waals surface area contributed by atoms with Crippen LogP contribution in [0.3, 0.4) is 0 Å². The molecule has 0 aliphatic heterocycles. The van der Waals surface area contributed by atoms with Crippen LogP contribution in [0.2, 0.25) is 0 Å². The lowest BCUT2D eigenvalue weighted by Gasteiger charge is -2.03. The third-order valence-corrected chi connectivity index (χ3v) is 3.36. The molecule has 1 nitrogen and oxygen atoms in total. The van der Waals surface area contributed by atoms with Crippen molar-refractivity contribution >= 4 is 17.1 Å². The van der Waals surface area contributed by atoms with Crippen molar-refractivity contribution in [2.45, 2.75) is 12.8 Å². The van der Waals surface area contributed by atoms with Gasteiger partial charge in [-0.05, 0) is 30.0 Å². The maximum Gasteiger partial charge on any atom is 0.169 e. The molecule has 17 heavy (non-hydrogen) atoms. The summed E-state index contributed by atoms with van der Waals surface area (Å²) < 4.78 is 26.6. The number of thiophene rings is 1. The molecule has 0 amide bonds. The van der Waals surface area contributed by atoms with Crippen molar-refractivity contribution in [3.63, 3.8) is 0 Å². The van der Waals surface area contributed by atoms with Crippen LogP contribution < -0.4 is 0 Å². The van der Waals surface area contributed by atoms with Crippen molar-refractivity contribution in [2.75, 3.05) is 0 Å². The first-order valence-electron chi connectivity index (χ1n) is 5.18. The van der Waals surface area contributed by atoms with E-state index in [0.717, 1.165) is 17.0 Å². The van der Waals surface area contributed by atoms with E-state index in [-0.39, 0.29) is 6.42 Å². The van der Waals surface area contributed by atoms with Crippen molar-refractivity contribution in [2.24, 2.45) is 0 Å². The van der Waals surface area contributed by atoms with Gasteiger partial charge in [-0.25, -0.2) is 8.78 Å². The van der Waals surface area contributed by atoms with Crippen LogP contribution in [0.25, 0.3) is 0 Å². The van der Waals surface area contributed by atoms with Crippen LogP contribution in [-0.4, -0.2) is 5.78 Å². The van der Waals surface area contributed by atoms with Gasteiger partial charge in [0.25, 0.3) is 0 Å². The zero-order valence-electron chi connectivity index (χ0n) is 8.95. The third-order valence-electron chi connectivity index (χ3n) is 2.42. The van der Waals surface area contributed by atoms with Gasteiger partial charge in [-0.15, -0.1) is 11.3 Å². The molecule has 0 spiro atoms. The van der Waals surface area contributed by atoms with Crippen LogP contribution in [0.4, 0.5) is 8.78 Å². The van der Waals surface area contributed by atoms with Gasteiger partial charge in [0.15, 0.2) is 5.78 Å². The SMILES string of the molecule is O=C(CCc1cccs1)c1c(F)cccc1F. The molecule has 4 heteroatoms. The number of aryl methyl sites for hydroxylation is 1. The highest BCUT2D eigenvalue weighted by atomic mass is 32.1. The Bertz CT molecular complexity index is 500. The smallest absolute Gasteiger partial charge is 0.169 e. The molecule has 0 bridgehead atoms. The normalized spacial score (nSPS) is 10.5. The Hall–Kier alpha value is -1.55. The first-order chi connectivity index (χ1) is 8.18. The molecular weight excluding hydrogens is 242 g/mol. The van der Waals surface area contributed by atoms with Crippen LogP contribution in [-0.2, 0) is 6.42 Å². The largest absolute Gasteiger partial charge is 0.294 e. The summed E-state index contributed by atoms with van der Waals surface area (Å²) in [6.07, 6.45) is 0.642. The predicted molar refractivity (Wildman–Crippen MR) is 63.3 cm³/mol. The van der Waals surface area contributed by atoms with Crippen molar-refractivity contribution < 1.29 is 13.6 Å². The number of carbonyl (C=O) groups is 1. The van der Waals surface area contributed by atoms with Gasteiger partial charge >= 0.3 is 0 Å². The summed E-state index contributed by atoms with van der Waals surface area (Å²) in [5.41, 5.74) is -0.427. The van der Waals surface area contributed by atoms with Crippen molar-refractivity contribution in [3.05, 3.63) is 57.8 Å². The Morgan fingerprint density at radius 1 is 1.12 bits per heavy atom. The lowest BCUT2D eigenvalue weighted by Crippen LogP contribution is -2.06. The van der Waals surface area contributed by atoms with Gasteiger partial charge in [0.05, 0.1) is 5.56 Å². The number of ketones is 1. The molecule has 2 rings (SSSR count). The van der Waals surface area contributed by atoms with Crippen LogP contribution in [0, 0.1) is 11.6 Å². The van der Waals surface area contributed by atoms with Crippen LogP contribution in [0.15, 0.2) is 35.7 Å². The second-order valence-electron chi connectivity index (χ2n) is 3.60. The average molecular weight is 252 g/mol. The minimum Gasteiger partial charge on any atom is -0.294 e. The molecule has 2 aromatic rings. The molecule has 0 saturated carbocycles. The molecule has 1 heterocycles. The average Bonchev–Trinajstić information content (AvgIpc) is 2.79. The molecule has 0 unspecified atom stereocenters. The van der Waals surface area contributed by atoms with Crippen molar-refractivity contribution in [3.8, 4) is 0 Å². The molecule has 1 aromatic carbocycles. The maximum absolute atomic E-state index is 13.3. The number of halogens is 2. The molecule has 0 aliphatic carbocycles. The van der Waals surface area contributed by atoms with Gasteiger partial charge in [-0.3, -0.25) is 4.79 Å². The maximum atomic E-state index is 13.3. The molecule has 88 valence electrons. The van der Waals surface area contributed by atoms with E-state index in [2.05, 4.69) is 0 Å². The number of carbonyl (C=O) groups excluding carboxylic acids is 1. The van der Waals surface area contributed by atoms with E-state index in [4.69, 9.17) is 0 Å². The Kier molecular flexibility index (Phi) is 3.64. The summed E-state index contributed by atoms with van der Waals surface area (Å²) >= 11 is 1.53. The van der Waals surface area contributed by atoms with Gasteiger partial charge < -0.3 is 0 Å². The fraction of sp³-hybridized carbons (Fsp3) is 0.154. The zero-order chi connectivity index (χ0) is 12.3. The number of hydrogen-bond donors (Lipinski definition) is 0. The van der Waals surface area contributed by atoms with Crippen molar-refractivity contribution in [1.82, 2.24) is 0 Å². The standard InChI is InChI=1S/C13H10F2OS/c14-10-4-1-5-11(15)13(10)12(16)7-6-9-3-2-8-17-9/h1-5,8H,6-7H2. The number of benzene rings is 1. The van der Waals surface area contributed by atoms with Gasteiger partial charge in [0.2, 0.25) is 0 Å². The van der Waals surface area contributed by atoms with E-state index in [1.807, 2.05) is 17.5 Å². The van der Waals surface area contributed by atoms with E-state index in [9.17, 15) is 13.6 Å². The highest BCUT2D eigenvalue weighted by Gasteiger charge is 2.16. The molecule has 0 atom stereocenters. The minimum atomic E-state index is -0.791. The van der Waals surface area contributed by atoms with Crippen LogP contribution in [0.1, 0.15) is 21.7 Å². The fourth-order valence-corrected chi connectivity index (χ4v) is 2.29. The first kappa shape index (κ1) is 11.9. The first-order valence-corrected chi connectivity index (χ1v) is 6.06. The Morgan fingerprint density at radius 2 is 1.82 bits per heavy atom. The zero-order valence-corrected chi connectivity index (χ0v) is 9.77. The van der Waals surface area contributed by atoms with Gasteiger partial charge in [0.1, 0.15) is 11.6 Å². The van der Waals surface area contributed by atoms with E-state index in [1.54, 1.807) is 0 Å². The monoisotopic (exact) mass is 252 g/mol. The molecule has 0 saturated heterocycles. The molecule has 1 aromatic heterocycles. The van der Waals surface area contributed by atoms with Gasteiger partial charge in [0, 0.05) is 11.3 Å². The molecular formula is C13H10F2OS. The summed E-state index contributed by atoms with van der Waals surface area (Å²) in [5, 5.41) is 1.91. The van der Waals surface area contributed by atoms with E-state index >= 15 is 0 Å². The van der Waals surface area contributed by atoms with Gasteiger partial charge in [-0.2, -0.15) is 0 Å². The Labute approximate surface area is 102 Å². The second-order valence-corrected chi connectivity index (χ2v) is 4.63. The fourth-order valence-electron chi connectivity index (χ4n) is 1.58. The molecule has 0 aliphatic rings. The molecule has 0 radical (unpaired) electrons.